The second-order valence-corrected chi connectivity index (χ2v) is 6.41. The van der Waals surface area contributed by atoms with Crippen molar-refractivity contribution in [1.29, 1.82) is 0 Å². The summed E-state index contributed by atoms with van der Waals surface area (Å²) in [6.45, 7) is 7.17. The lowest BCUT2D eigenvalue weighted by molar-refractivity contribution is 0.0952. The van der Waals surface area contributed by atoms with E-state index in [1.807, 2.05) is 50.6 Å². The Bertz CT molecular complexity index is 946. The highest BCUT2D eigenvalue weighted by atomic mass is 16.1. The monoisotopic (exact) mass is 364 g/mol. The summed E-state index contributed by atoms with van der Waals surface area (Å²) in [6.07, 6.45) is 1.80. The molecule has 140 valence electrons. The Hall–Kier alpha value is -3.22. The highest BCUT2D eigenvalue weighted by Crippen LogP contribution is 2.18. The predicted octanol–water partition coefficient (Wildman–Crippen LogP) is 2.74. The molecule has 0 aliphatic heterocycles. The van der Waals surface area contributed by atoms with Crippen molar-refractivity contribution in [2.24, 2.45) is 0 Å². The van der Waals surface area contributed by atoms with Crippen LogP contribution in [-0.2, 0) is 6.54 Å². The van der Waals surface area contributed by atoms with Crippen LogP contribution in [0, 0.1) is 20.8 Å². The third-order valence-electron chi connectivity index (χ3n) is 4.50. The summed E-state index contributed by atoms with van der Waals surface area (Å²) in [4.78, 5) is 25.5. The van der Waals surface area contributed by atoms with E-state index in [-0.39, 0.29) is 5.91 Å². The van der Waals surface area contributed by atoms with Gasteiger partial charge in [0.15, 0.2) is 5.82 Å². The molecular formula is C20H24N6O. The fraction of sp³-hybridized carbons (Fsp3) is 0.300. The van der Waals surface area contributed by atoms with Crippen LogP contribution in [0.5, 0.6) is 0 Å². The molecule has 0 atom stereocenters. The molecular weight excluding hydrogens is 340 g/mol. The Morgan fingerprint density at radius 1 is 1.11 bits per heavy atom. The molecule has 0 spiro atoms. The number of benzene rings is 1. The maximum Gasteiger partial charge on any atom is 0.251 e. The van der Waals surface area contributed by atoms with E-state index >= 15 is 0 Å². The van der Waals surface area contributed by atoms with E-state index in [1.165, 1.54) is 0 Å². The molecule has 2 aromatic heterocycles. The molecule has 7 heteroatoms. The lowest BCUT2D eigenvalue weighted by Crippen LogP contribution is -2.27. The molecule has 1 amide bonds. The van der Waals surface area contributed by atoms with Crippen LogP contribution in [0.4, 0.5) is 5.82 Å². The van der Waals surface area contributed by atoms with Crippen LogP contribution >= 0.6 is 0 Å². The molecule has 27 heavy (non-hydrogen) atoms. The van der Waals surface area contributed by atoms with Crippen molar-refractivity contribution in [2.45, 2.75) is 27.3 Å². The van der Waals surface area contributed by atoms with Gasteiger partial charge in [-0.1, -0.05) is 12.1 Å². The largest absolute Gasteiger partial charge is 0.373 e. The van der Waals surface area contributed by atoms with Crippen LogP contribution in [0.25, 0.3) is 11.4 Å². The zero-order valence-electron chi connectivity index (χ0n) is 16.1. The quantitative estimate of drug-likeness (QED) is 0.702. The average molecular weight is 364 g/mol. The smallest absolute Gasteiger partial charge is 0.251 e. The number of hydrogen-bond acceptors (Lipinski definition) is 5. The van der Waals surface area contributed by atoms with Crippen molar-refractivity contribution in [2.75, 3.05) is 18.9 Å². The number of nitrogens with zero attached hydrogens (tertiary/aromatic N) is 4. The number of aromatic nitrogens is 4. The highest BCUT2D eigenvalue weighted by Gasteiger charge is 2.09. The highest BCUT2D eigenvalue weighted by molar-refractivity contribution is 5.94. The number of hydrogen-bond donors (Lipinski definition) is 2. The molecule has 0 saturated carbocycles. The van der Waals surface area contributed by atoms with Crippen molar-refractivity contribution >= 4 is 11.7 Å². The fourth-order valence-electron chi connectivity index (χ4n) is 2.76. The third kappa shape index (κ3) is 4.31. The molecule has 3 aromatic rings. The number of anilines is 1. The zero-order chi connectivity index (χ0) is 19.4. The second kappa shape index (κ2) is 7.99. The lowest BCUT2D eigenvalue weighted by Gasteiger charge is -2.09. The SMILES string of the molecule is CNc1cc(C)nc(-c2ccc(C(=O)NCCn3cnc(C)c3C)cc2)n1. The van der Waals surface area contributed by atoms with E-state index in [9.17, 15) is 4.79 Å². The van der Waals surface area contributed by atoms with Crippen LogP contribution in [0.15, 0.2) is 36.7 Å². The topological polar surface area (TPSA) is 84.7 Å². The van der Waals surface area contributed by atoms with Crippen LogP contribution in [0.2, 0.25) is 0 Å². The fourth-order valence-corrected chi connectivity index (χ4v) is 2.76. The Labute approximate surface area is 158 Å². The van der Waals surface area contributed by atoms with Gasteiger partial charge in [0, 0.05) is 48.7 Å². The molecule has 0 aliphatic carbocycles. The first-order chi connectivity index (χ1) is 13.0. The van der Waals surface area contributed by atoms with Gasteiger partial charge in [0.05, 0.1) is 12.0 Å². The van der Waals surface area contributed by atoms with E-state index in [4.69, 9.17) is 0 Å². The summed E-state index contributed by atoms with van der Waals surface area (Å²) in [5.41, 5.74) is 4.50. The number of imidazole rings is 1. The van der Waals surface area contributed by atoms with Gasteiger partial charge in [0.2, 0.25) is 0 Å². The first-order valence-corrected chi connectivity index (χ1v) is 8.88. The van der Waals surface area contributed by atoms with Gasteiger partial charge < -0.3 is 15.2 Å². The summed E-state index contributed by atoms with van der Waals surface area (Å²) in [6, 6.07) is 9.21. The van der Waals surface area contributed by atoms with Crippen LogP contribution in [0.3, 0.4) is 0 Å². The summed E-state index contributed by atoms with van der Waals surface area (Å²) in [7, 11) is 1.82. The number of amides is 1. The van der Waals surface area contributed by atoms with Crippen LogP contribution < -0.4 is 10.6 Å². The van der Waals surface area contributed by atoms with Crippen molar-refractivity contribution in [3.05, 3.63) is 59.3 Å². The van der Waals surface area contributed by atoms with Gasteiger partial charge in [0.1, 0.15) is 5.82 Å². The predicted molar refractivity (Wildman–Crippen MR) is 106 cm³/mol. The Balaban J connectivity index is 1.63. The van der Waals surface area contributed by atoms with E-state index in [2.05, 4.69) is 25.6 Å². The Morgan fingerprint density at radius 2 is 1.85 bits per heavy atom. The van der Waals surface area contributed by atoms with E-state index in [0.717, 1.165) is 28.5 Å². The van der Waals surface area contributed by atoms with E-state index in [1.54, 1.807) is 18.5 Å². The number of carbonyl (C=O) groups is 1. The van der Waals surface area contributed by atoms with Crippen LogP contribution in [0.1, 0.15) is 27.4 Å². The first kappa shape index (κ1) is 18.6. The van der Waals surface area contributed by atoms with Gasteiger partial charge >= 0.3 is 0 Å². The molecule has 0 fully saturated rings. The zero-order valence-corrected chi connectivity index (χ0v) is 16.1. The molecule has 0 aliphatic rings. The van der Waals surface area contributed by atoms with Gasteiger partial charge in [-0.05, 0) is 32.9 Å². The van der Waals surface area contributed by atoms with Crippen molar-refractivity contribution in [3.8, 4) is 11.4 Å². The second-order valence-electron chi connectivity index (χ2n) is 6.41. The average Bonchev–Trinajstić information content (AvgIpc) is 2.99. The lowest BCUT2D eigenvalue weighted by atomic mass is 10.1. The molecule has 2 heterocycles. The van der Waals surface area contributed by atoms with Gasteiger partial charge in [0.25, 0.3) is 5.91 Å². The molecule has 3 rings (SSSR count). The molecule has 0 saturated heterocycles. The van der Waals surface area contributed by atoms with Gasteiger partial charge in [-0.3, -0.25) is 4.79 Å². The summed E-state index contributed by atoms with van der Waals surface area (Å²) >= 11 is 0. The maximum atomic E-state index is 12.4. The van der Waals surface area contributed by atoms with Gasteiger partial charge in [-0.2, -0.15) is 0 Å². The minimum Gasteiger partial charge on any atom is -0.373 e. The molecule has 7 nitrogen and oxygen atoms in total. The normalized spacial score (nSPS) is 10.7. The summed E-state index contributed by atoms with van der Waals surface area (Å²) < 4.78 is 2.03. The van der Waals surface area contributed by atoms with Crippen molar-refractivity contribution in [1.82, 2.24) is 24.8 Å². The standard InChI is InChI=1S/C20H24N6O/c1-13-11-18(21-4)25-19(24-13)16-5-7-17(8-6-16)20(27)22-9-10-26-12-23-14(2)15(26)3/h5-8,11-12H,9-10H2,1-4H3,(H,22,27)(H,21,24,25). The van der Waals surface area contributed by atoms with Crippen molar-refractivity contribution < 1.29 is 4.79 Å². The number of nitrogens with one attached hydrogen (secondary N) is 2. The van der Waals surface area contributed by atoms with E-state index < -0.39 is 0 Å². The number of carbonyl (C=O) groups excluding carboxylic acids is 1. The van der Waals surface area contributed by atoms with E-state index in [0.29, 0.717) is 24.5 Å². The van der Waals surface area contributed by atoms with Crippen LogP contribution in [-0.4, -0.2) is 39.0 Å². The van der Waals surface area contributed by atoms with Gasteiger partial charge in [-0.15, -0.1) is 0 Å². The molecule has 0 unspecified atom stereocenters. The Morgan fingerprint density at radius 3 is 2.48 bits per heavy atom. The molecule has 1 aromatic carbocycles. The van der Waals surface area contributed by atoms with Crippen molar-refractivity contribution in [3.63, 3.8) is 0 Å². The molecule has 2 N–H and O–H groups in total. The summed E-state index contributed by atoms with van der Waals surface area (Å²) in [5, 5.41) is 5.97. The Kier molecular flexibility index (Phi) is 5.49. The number of aryl methyl sites for hydroxylation is 2. The first-order valence-electron chi connectivity index (χ1n) is 8.88. The summed E-state index contributed by atoms with van der Waals surface area (Å²) in [5.74, 6) is 1.30. The molecule has 0 radical (unpaired) electrons. The molecule has 0 bridgehead atoms. The minimum atomic E-state index is -0.0999. The maximum absolute atomic E-state index is 12.4. The third-order valence-corrected chi connectivity index (χ3v) is 4.50. The van der Waals surface area contributed by atoms with Gasteiger partial charge in [-0.25, -0.2) is 15.0 Å². The number of rotatable bonds is 6. The minimum absolute atomic E-state index is 0.0999.